The van der Waals surface area contributed by atoms with Gasteiger partial charge in [-0.1, -0.05) is 104 Å². The Morgan fingerprint density at radius 1 is 0.719 bits per heavy atom. The fraction of sp³-hybridized carbons (Fsp3) is 0.885. The Hall–Kier alpha value is -1.59. The molecule has 32 heavy (non-hydrogen) atoms. The molecule has 0 aliphatic rings. The molecule has 6 heteroatoms. The molecule has 188 valence electrons. The summed E-state index contributed by atoms with van der Waals surface area (Å²) in [4.78, 5) is 27.2. The fourth-order valence-electron chi connectivity index (χ4n) is 4.02. The number of carbonyl (C=O) groups is 2. The number of carbonyl (C=O) groups excluding carboxylic acids is 2. The van der Waals surface area contributed by atoms with Crippen LogP contribution in [0.2, 0.25) is 0 Å². The lowest BCUT2D eigenvalue weighted by Crippen LogP contribution is -2.78. The lowest BCUT2D eigenvalue weighted by atomic mass is 10.0. The second-order valence-corrected chi connectivity index (χ2v) is 9.16. The van der Waals surface area contributed by atoms with Gasteiger partial charge in [-0.15, -0.1) is 0 Å². The minimum atomic E-state index is -0.398. The molecule has 0 bridgehead atoms. The van der Waals surface area contributed by atoms with E-state index < -0.39 is 6.04 Å². The van der Waals surface area contributed by atoms with Gasteiger partial charge in [0.2, 0.25) is 5.91 Å². The highest BCUT2D eigenvalue weighted by Crippen LogP contribution is 2.13. The molecule has 1 amide bonds. The smallest absolute Gasteiger partial charge is 0.338 e. The van der Waals surface area contributed by atoms with E-state index in [4.69, 9.17) is 11.5 Å². The van der Waals surface area contributed by atoms with Gasteiger partial charge in [0.25, 0.3) is 0 Å². The number of hydrogen-bond donors (Lipinski definition) is 4. The molecule has 0 aromatic carbocycles. The molecule has 1 unspecified atom stereocenters. The minimum absolute atomic E-state index is 0.00986. The number of amides is 1. The van der Waals surface area contributed by atoms with E-state index in [0.717, 1.165) is 19.3 Å². The van der Waals surface area contributed by atoms with Gasteiger partial charge in [0.15, 0.2) is 5.78 Å². The Kier molecular flexibility index (Phi) is 21.5. The number of Topliss-reactive ketones (excluding diaryl/α,β-unsaturated/α-hetero) is 1. The molecule has 0 heterocycles. The first kappa shape index (κ1) is 30.4. The largest absolute Gasteiger partial charge is 0.346 e. The summed E-state index contributed by atoms with van der Waals surface area (Å²) < 4.78 is 0. The highest BCUT2D eigenvalue weighted by molar-refractivity contribution is 5.88. The van der Waals surface area contributed by atoms with Crippen LogP contribution in [0.5, 0.6) is 0 Å². The molecule has 0 aliphatic heterocycles. The normalized spacial score (nSPS) is 11.8. The number of ketones is 1. The summed E-state index contributed by atoms with van der Waals surface area (Å²) in [5, 5.41) is 2.92. The number of nitrogens with two attached hydrogens (primary N) is 2. The SMILES string of the molecule is CCCCCCCCCCCCCCCCCC(=O)NC(CCC[NH+]=C(N)N)C(=O)CC. The van der Waals surface area contributed by atoms with Gasteiger partial charge in [0, 0.05) is 12.8 Å². The Labute approximate surface area is 197 Å². The first-order valence-electron chi connectivity index (χ1n) is 13.4. The predicted octanol–water partition coefficient (Wildman–Crippen LogP) is 3.85. The highest BCUT2D eigenvalue weighted by atomic mass is 16.2. The minimum Gasteiger partial charge on any atom is -0.346 e. The van der Waals surface area contributed by atoms with Crippen LogP contribution >= 0.6 is 0 Å². The first-order chi connectivity index (χ1) is 15.5. The van der Waals surface area contributed by atoms with Crippen molar-refractivity contribution in [2.45, 2.75) is 142 Å². The summed E-state index contributed by atoms with van der Waals surface area (Å²) in [6, 6.07) is -0.398. The average Bonchev–Trinajstić information content (AvgIpc) is 2.77. The van der Waals surface area contributed by atoms with E-state index in [9.17, 15) is 9.59 Å². The van der Waals surface area contributed by atoms with Gasteiger partial charge in [-0.05, 0) is 19.3 Å². The van der Waals surface area contributed by atoms with Crippen LogP contribution in [0.4, 0.5) is 0 Å². The van der Waals surface area contributed by atoms with Crippen LogP contribution in [0.3, 0.4) is 0 Å². The van der Waals surface area contributed by atoms with Crippen LogP contribution in [-0.2, 0) is 9.59 Å². The zero-order valence-electron chi connectivity index (χ0n) is 21.2. The van der Waals surface area contributed by atoms with E-state index in [0.29, 0.717) is 25.8 Å². The van der Waals surface area contributed by atoms with Gasteiger partial charge in [-0.3, -0.25) is 26.0 Å². The molecule has 6 nitrogen and oxygen atoms in total. The number of hydrogen-bond acceptors (Lipinski definition) is 2. The van der Waals surface area contributed by atoms with E-state index in [1.54, 1.807) is 0 Å². The summed E-state index contributed by atoms with van der Waals surface area (Å²) in [6.07, 6.45) is 21.9. The van der Waals surface area contributed by atoms with E-state index in [2.05, 4.69) is 17.2 Å². The predicted molar refractivity (Wildman–Crippen MR) is 135 cm³/mol. The molecule has 0 radical (unpaired) electrons. The van der Waals surface area contributed by atoms with Crippen LogP contribution in [-0.4, -0.2) is 30.2 Å². The molecule has 0 saturated heterocycles. The van der Waals surface area contributed by atoms with E-state index in [1.807, 2.05) is 6.92 Å². The molecule has 0 spiro atoms. The number of guanidine groups is 1. The third-order valence-corrected chi connectivity index (χ3v) is 6.08. The highest BCUT2D eigenvalue weighted by Gasteiger charge is 2.18. The summed E-state index contributed by atoms with van der Waals surface area (Å²) in [5.41, 5.74) is 10.7. The molecule has 0 aliphatic carbocycles. The zero-order chi connectivity index (χ0) is 23.9. The lowest BCUT2D eigenvalue weighted by molar-refractivity contribution is -0.459. The van der Waals surface area contributed by atoms with Crippen molar-refractivity contribution in [1.82, 2.24) is 5.32 Å². The van der Waals surface area contributed by atoms with Gasteiger partial charge >= 0.3 is 5.96 Å². The van der Waals surface area contributed by atoms with E-state index in [-0.39, 0.29) is 17.6 Å². The molecule has 0 rings (SSSR count). The Balaban J connectivity index is 3.63. The summed E-state index contributed by atoms with van der Waals surface area (Å²) in [7, 11) is 0. The zero-order valence-corrected chi connectivity index (χ0v) is 21.2. The van der Waals surface area contributed by atoms with Gasteiger partial charge in [0.1, 0.15) is 0 Å². The van der Waals surface area contributed by atoms with Crippen molar-refractivity contribution in [3.8, 4) is 0 Å². The van der Waals surface area contributed by atoms with Crippen molar-refractivity contribution in [2.75, 3.05) is 6.54 Å². The Morgan fingerprint density at radius 2 is 1.19 bits per heavy atom. The maximum Gasteiger partial charge on any atom is 0.338 e. The van der Waals surface area contributed by atoms with Crippen LogP contribution < -0.4 is 21.8 Å². The second-order valence-electron chi connectivity index (χ2n) is 9.16. The molecular weight excluding hydrogens is 400 g/mol. The van der Waals surface area contributed by atoms with Crippen molar-refractivity contribution in [2.24, 2.45) is 11.5 Å². The molecule has 0 aromatic heterocycles. The maximum atomic E-state index is 12.2. The topological polar surface area (TPSA) is 112 Å². The summed E-state index contributed by atoms with van der Waals surface area (Å²) >= 11 is 0. The van der Waals surface area contributed by atoms with Crippen LogP contribution in [0.15, 0.2) is 0 Å². The van der Waals surface area contributed by atoms with Gasteiger partial charge in [-0.25, -0.2) is 0 Å². The third kappa shape index (κ3) is 20.3. The van der Waals surface area contributed by atoms with Gasteiger partial charge in [-0.2, -0.15) is 0 Å². The summed E-state index contributed by atoms with van der Waals surface area (Å²) in [5.74, 6) is 0.254. The molecular formula is C26H53N4O2+. The van der Waals surface area contributed by atoms with E-state index >= 15 is 0 Å². The molecule has 1 atom stereocenters. The fourth-order valence-corrected chi connectivity index (χ4v) is 4.02. The van der Waals surface area contributed by atoms with Gasteiger partial charge in [0.05, 0.1) is 12.6 Å². The number of nitrogens with one attached hydrogen (secondary N) is 2. The average molecular weight is 454 g/mol. The van der Waals surface area contributed by atoms with Crippen LogP contribution in [0.25, 0.3) is 0 Å². The maximum absolute atomic E-state index is 12.2. The quantitative estimate of drug-likeness (QED) is 0.107. The lowest BCUT2D eigenvalue weighted by Gasteiger charge is -2.16. The molecule has 0 aromatic rings. The molecule has 0 saturated carbocycles. The Bertz CT molecular complexity index is 490. The first-order valence-corrected chi connectivity index (χ1v) is 13.4. The van der Waals surface area contributed by atoms with Crippen molar-refractivity contribution in [3.05, 3.63) is 0 Å². The Morgan fingerprint density at radius 3 is 1.62 bits per heavy atom. The van der Waals surface area contributed by atoms with Crippen LogP contribution in [0, 0.1) is 0 Å². The van der Waals surface area contributed by atoms with Crippen molar-refractivity contribution >= 4 is 17.6 Å². The van der Waals surface area contributed by atoms with Gasteiger partial charge < -0.3 is 5.32 Å². The molecule has 0 fully saturated rings. The monoisotopic (exact) mass is 453 g/mol. The number of rotatable bonds is 23. The van der Waals surface area contributed by atoms with Crippen LogP contribution in [0.1, 0.15) is 136 Å². The summed E-state index contributed by atoms with van der Waals surface area (Å²) in [6.45, 7) is 4.70. The van der Waals surface area contributed by atoms with Crippen molar-refractivity contribution in [1.29, 1.82) is 0 Å². The van der Waals surface area contributed by atoms with Crippen molar-refractivity contribution in [3.63, 3.8) is 0 Å². The number of unbranched alkanes of at least 4 members (excludes halogenated alkanes) is 14. The van der Waals surface area contributed by atoms with Crippen molar-refractivity contribution < 1.29 is 14.6 Å². The standard InChI is InChI=1S/C26H52N4O2/c1-3-5-6-7-8-9-10-11-12-13-14-15-16-17-18-21-25(32)30-23(24(31)4-2)20-19-22-29-26(27)28/h23H,3-22H2,1-2H3,(H,30,32)(H4,27,28,29)/p+1. The molecule has 6 N–H and O–H groups in total. The van der Waals surface area contributed by atoms with E-state index in [1.165, 1.54) is 83.5 Å². The third-order valence-electron chi connectivity index (χ3n) is 6.08. The second kappa shape index (κ2) is 22.6.